The standard InChI is InChI=1S/C36H28F12N2O2/c37-33(38,39)21-11-13-23(35(43,44)45)29-27(21)31(51)19-16-26-20(15-25(19)49(29)17-7-3-1-4-8-17)32(52)28-22(34(40,41)42)12-14-24(36(46,47)48)30(28)50(26)18-9-5-2-6-10-18/h11-18H,1-10H2. The number of hydrogen-bond donors (Lipinski definition) is 0. The Bertz CT molecular complexity index is 2200. The van der Waals surface area contributed by atoms with Gasteiger partial charge >= 0.3 is 24.7 Å². The Hall–Kier alpha value is -4.24. The van der Waals surface area contributed by atoms with Gasteiger partial charge < -0.3 is 9.13 Å². The Morgan fingerprint density at radius 3 is 1.02 bits per heavy atom. The maximum Gasteiger partial charge on any atom is 0.418 e. The molecule has 0 bridgehead atoms. The molecule has 2 saturated carbocycles. The molecule has 2 heterocycles. The lowest BCUT2D eigenvalue weighted by molar-refractivity contribution is -0.139. The molecule has 3 aromatic carbocycles. The van der Waals surface area contributed by atoms with E-state index in [1.54, 1.807) is 0 Å². The first kappa shape index (κ1) is 36.1. The van der Waals surface area contributed by atoms with Crippen LogP contribution in [0.4, 0.5) is 52.7 Å². The van der Waals surface area contributed by atoms with Gasteiger partial charge in [0.2, 0.25) is 0 Å². The molecular formula is C36H28F12N2O2. The maximum absolute atomic E-state index is 14.6. The average Bonchev–Trinajstić information content (AvgIpc) is 3.06. The van der Waals surface area contributed by atoms with Crippen LogP contribution in [0.1, 0.15) is 98.5 Å². The van der Waals surface area contributed by atoms with E-state index in [4.69, 9.17) is 0 Å². The zero-order valence-electron chi connectivity index (χ0n) is 26.9. The molecule has 0 saturated heterocycles. The van der Waals surface area contributed by atoms with Crippen LogP contribution in [0.5, 0.6) is 0 Å². The van der Waals surface area contributed by atoms with Gasteiger partial charge in [0.15, 0.2) is 10.9 Å². The maximum atomic E-state index is 14.6. The van der Waals surface area contributed by atoms with Crippen molar-refractivity contribution < 1.29 is 52.7 Å². The van der Waals surface area contributed by atoms with E-state index in [1.807, 2.05) is 0 Å². The number of rotatable bonds is 2. The number of fused-ring (bicyclic) bond motifs is 4. The van der Waals surface area contributed by atoms with Gasteiger partial charge in [-0.1, -0.05) is 38.5 Å². The van der Waals surface area contributed by atoms with Crippen molar-refractivity contribution in [3.05, 3.63) is 79.1 Å². The van der Waals surface area contributed by atoms with Gasteiger partial charge in [-0.05, 0) is 62.1 Å². The molecule has 2 aliphatic carbocycles. The van der Waals surface area contributed by atoms with Crippen LogP contribution in [-0.2, 0) is 24.7 Å². The Morgan fingerprint density at radius 2 is 0.731 bits per heavy atom. The summed E-state index contributed by atoms with van der Waals surface area (Å²) < 4.78 is 177. The van der Waals surface area contributed by atoms with Gasteiger partial charge in [-0.25, -0.2) is 0 Å². The van der Waals surface area contributed by atoms with Crippen molar-refractivity contribution in [1.82, 2.24) is 9.13 Å². The second-order valence-corrected chi connectivity index (χ2v) is 13.6. The van der Waals surface area contributed by atoms with Crippen LogP contribution in [-0.4, -0.2) is 9.13 Å². The van der Waals surface area contributed by atoms with Gasteiger partial charge in [0.25, 0.3) is 0 Å². The van der Waals surface area contributed by atoms with Gasteiger partial charge in [0, 0.05) is 22.9 Å². The summed E-state index contributed by atoms with van der Waals surface area (Å²) in [4.78, 5) is 28.5. The quantitative estimate of drug-likeness (QED) is 0.133. The number of nitrogens with zero attached hydrogens (tertiary/aromatic N) is 2. The third-order valence-corrected chi connectivity index (χ3v) is 10.5. The molecule has 0 radical (unpaired) electrons. The van der Waals surface area contributed by atoms with Crippen LogP contribution in [0.25, 0.3) is 43.6 Å². The molecule has 0 atom stereocenters. The summed E-state index contributed by atoms with van der Waals surface area (Å²) in [5.74, 6) is 0. The molecule has 16 heteroatoms. The van der Waals surface area contributed by atoms with Crippen molar-refractivity contribution in [3.63, 3.8) is 0 Å². The summed E-state index contributed by atoms with van der Waals surface area (Å²) in [6.07, 6.45) is -17.4. The minimum Gasteiger partial charge on any atom is -0.337 e. The monoisotopic (exact) mass is 748 g/mol. The lowest BCUT2D eigenvalue weighted by Crippen LogP contribution is -2.26. The number of benzene rings is 3. The average molecular weight is 749 g/mol. The molecular weight excluding hydrogens is 720 g/mol. The van der Waals surface area contributed by atoms with Crippen molar-refractivity contribution in [2.75, 3.05) is 0 Å². The summed E-state index contributed by atoms with van der Waals surface area (Å²) in [5, 5.41) is -3.83. The fourth-order valence-corrected chi connectivity index (χ4v) is 8.36. The number of halogens is 12. The Labute approximate surface area is 285 Å². The number of hydrogen-bond acceptors (Lipinski definition) is 2. The molecule has 278 valence electrons. The second-order valence-electron chi connectivity index (χ2n) is 13.6. The predicted molar refractivity (Wildman–Crippen MR) is 169 cm³/mol. The predicted octanol–water partition coefficient (Wildman–Crippen LogP) is 11.7. The van der Waals surface area contributed by atoms with E-state index in [-0.39, 0.29) is 49.9 Å². The van der Waals surface area contributed by atoms with Gasteiger partial charge in [-0.2, -0.15) is 52.7 Å². The summed E-state index contributed by atoms with van der Waals surface area (Å²) in [6, 6.07) is 0.650. The molecule has 0 aliphatic heterocycles. The first-order valence-corrected chi connectivity index (χ1v) is 16.7. The molecule has 0 N–H and O–H groups in total. The molecule has 0 unspecified atom stereocenters. The molecule has 2 fully saturated rings. The third-order valence-electron chi connectivity index (χ3n) is 10.5. The normalized spacial score (nSPS) is 17.6. The van der Waals surface area contributed by atoms with E-state index >= 15 is 0 Å². The molecule has 52 heavy (non-hydrogen) atoms. The molecule has 5 aromatic rings. The molecule has 0 amide bonds. The Morgan fingerprint density at radius 1 is 0.442 bits per heavy atom. The third kappa shape index (κ3) is 5.80. The number of alkyl halides is 12. The Balaban J connectivity index is 1.80. The lowest BCUT2D eigenvalue weighted by Gasteiger charge is -2.32. The first-order valence-electron chi connectivity index (χ1n) is 16.7. The van der Waals surface area contributed by atoms with Crippen molar-refractivity contribution in [2.45, 2.75) is 101 Å². The van der Waals surface area contributed by atoms with Crippen LogP contribution in [0, 0.1) is 0 Å². The van der Waals surface area contributed by atoms with Gasteiger partial charge in [0.1, 0.15) is 0 Å². The van der Waals surface area contributed by atoms with E-state index in [9.17, 15) is 62.3 Å². The zero-order chi connectivity index (χ0) is 37.7. The van der Waals surface area contributed by atoms with E-state index in [0.29, 0.717) is 38.5 Å². The van der Waals surface area contributed by atoms with Gasteiger partial charge in [-0.3, -0.25) is 9.59 Å². The second kappa shape index (κ2) is 12.2. The van der Waals surface area contributed by atoms with Crippen molar-refractivity contribution in [2.24, 2.45) is 0 Å². The Kier molecular flexibility index (Phi) is 8.44. The fraction of sp³-hybridized carbons (Fsp3) is 0.444. The van der Waals surface area contributed by atoms with Crippen LogP contribution < -0.4 is 10.9 Å². The number of aromatic nitrogens is 2. The van der Waals surface area contributed by atoms with Crippen LogP contribution in [0.15, 0.2) is 46.0 Å². The lowest BCUT2D eigenvalue weighted by atomic mass is 9.91. The molecule has 4 nitrogen and oxygen atoms in total. The highest BCUT2D eigenvalue weighted by Gasteiger charge is 2.43. The largest absolute Gasteiger partial charge is 0.418 e. The van der Waals surface area contributed by atoms with E-state index in [0.717, 1.165) is 21.3 Å². The van der Waals surface area contributed by atoms with E-state index < -0.39 is 114 Å². The van der Waals surface area contributed by atoms with Crippen LogP contribution in [0.3, 0.4) is 0 Å². The van der Waals surface area contributed by atoms with Crippen LogP contribution in [0.2, 0.25) is 0 Å². The summed E-state index contributed by atoms with van der Waals surface area (Å²) in [7, 11) is 0. The zero-order valence-corrected chi connectivity index (χ0v) is 26.9. The highest BCUT2D eigenvalue weighted by atomic mass is 19.4. The summed E-state index contributed by atoms with van der Waals surface area (Å²) in [5.41, 5.74) is -12.5. The molecule has 7 rings (SSSR count). The van der Waals surface area contributed by atoms with Crippen LogP contribution >= 0.6 is 0 Å². The van der Waals surface area contributed by atoms with E-state index in [2.05, 4.69) is 0 Å². The minimum absolute atomic E-state index is 0.157. The van der Waals surface area contributed by atoms with E-state index in [1.165, 1.54) is 0 Å². The molecule has 2 aromatic heterocycles. The highest BCUT2D eigenvalue weighted by molar-refractivity contribution is 6.06. The van der Waals surface area contributed by atoms with Crippen molar-refractivity contribution in [3.8, 4) is 0 Å². The SMILES string of the molecule is O=c1c2cc3c(cc2n(C2CCCCC2)c2c(C(F)(F)F)ccc(C(F)(F)F)c12)c(=O)c1c(C(F)(F)F)ccc(C(F)(F)F)c1n3C1CCCCC1. The van der Waals surface area contributed by atoms with Gasteiger partial charge in [0.05, 0.1) is 55.1 Å². The summed E-state index contributed by atoms with van der Waals surface area (Å²) >= 11 is 0. The highest BCUT2D eigenvalue weighted by Crippen LogP contribution is 2.47. The number of pyridine rings is 2. The summed E-state index contributed by atoms with van der Waals surface area (Å²) in [6.45, 7) is 0. The van der Waals surface area contributed by atoms with Gasteiger partial charge in [-0.15, -0.1) is 0 Å². The fourth-order valence-electron chi connectivity index (χ4n) is 8.36. The topological polar surface area (TPSA) is 44.0 Å². The molecule has 0 spiro atoms. The minimum atomic E-state index is -5.31. The smallest absolute Gasteiger partial charge is 0.337 e. The van der Waals surface area contributed by atoms with Crippen molar-refractivity contribution in [1.29, 1.82) is 0 Å². The van der Waals surface area contributed by atoms with Crippen molar-refractivity contribution >= 4 is 43.6 Å². The molecule has 2 aliphatic rings. The first-order chi connectivity index (χ1) is 24.2.